The third kappa shape index (κ3) is 4.12. The van der Waals surface area contributed by atoms with Crippen LogP contribution < -0.4 is 5.56 Å². The number of hydrogen-bond donors (Lipinski definition) is 1. The second-order valence-corrected chi connectivity index (χ2v) is 9.61. The molecule has 11 heteroatoms. The van der Waals surface area contributed by atoms with Gasteiger partial charge in [-0.1, -0.05) is 36.4 Å². The highest BCUT2D eigenvalue weighted by atomic mass is 32.2. The van der Waals surface area contributed by atoms with Crippen LogP contribution in [0.15, 0.2) is 64.3 Å². The molecule has 172 valence electrons. The standard InChI is InChI=1S/C22H22N4O6S/c1-15(26-21(28)18-10-6-5-9-17(18)19(23-26)22(29)30)20(27)24-11-13-25(14-12-24)33(31,32)16-7-3-2-4-8-16/h2-10,15H,11-14H2,1H3,(H,29,30). The Kier molecular flexibility index (Phi) is 6.00. The maximum atomic E-state index is 13.1. The molecule has 1 amide bonds. The van der Waals surface area contributed by atoms with Crippen LogP contribution in [0.5, 0.6) is 0 Å². The number of sulfonamides is 1. The fourth-order valence-electron chi connectivity index (χ4n) is 3.89. The molecule has 2 aromatic carbocycles. The largest absolute Gasteiger partial charge is 0.476 e. The van der Waals surface area contributed by atoms with Crippen molar-refractivity contribution in [2.75, 3.05) is 26.2 Å². The molecule has 1 aliphatic rings. The highest BCUT2D eigenvalue weighted by Gasteiger charge is 2.33. The molecule has 2 heterocycles. The molecule has 10 nitrogen and oxygen atoms in total. The van der Waals surface area contributed by atoms with Crippen molar-refractivity contribution in [2.24, 2.45) is 0 Å². The van der Waals surface area contributed by atoms with Crippen molar-refractivity contribution in [2.45, 2.75) is 17.9 Å². The minimum absolute atomic E-state index is 0.107. The number of amides is 1. The van der Waals surface area contributed by atoms with Crippen molar-refractivity contribution in [3.63, 3.8) is 0 Å². The summed E-state index contributed by atoms with van der Waals surface area (Å²) < 4.78 is 27.8. The average molecular weight is 471 g/mol. The lowest BCUT2D eigenvalue weighted by molar-refractivity contribution is -0.135. The van der Waals surface area contributed by atoms with E-state index in [4.69, 9.17) is 0 Å². The number of rotatable bonds is 5. The first-order chi connectivity index (χ1) is 15.7. The summed E-state index contributed by atoms with van der Waals surface area (Å²) in [6, 6.07) is 13.2. The summed E-state index contributed by atoms with van der Waals surface area (Å²) in [5.41, 5.74) is -0.884. The molecule has 0 aliphatic carbocycles. The van der Waals surface area contributed by atoms with E-state index >= 15 is 0 Å². The zero-order chi connectivity index (χ0) is 23.8. The molecule has 0 radical (unpaired) electrons. The number of benzene rings is 2. The van der Waals surface area contributed by atoms with Crippen molar-refractivity contribution in [1.82, 2.24) is 19.0 Å². The van der Waals surface area contributed by atoms with Gasteiger partial charge in [-0.2, -0.15) is 9.40 Å². The zero-order valence-electron chi connectivity index (χ0n) is 17.8. The molecule has 4 rings (SSSR count). The molecule has 1 aliphatic heterocycles. The summed E-state index contributed by atoms with van der Waals surface area (Å²) in [5.74, 6) is -1.74. The molecular formula is C22H22N4O6S. The smallest absolute Gasteiger partial charge is 0.357 e. The average Bonchev–Trinajstić information content (AvgIpc) is 2.84. The third-order valence-corrected chi connectivity index (χ3v) is 7.60. The van der Waals surface area contributed by atoms with Crippen LogP contribution in [-0.4, -0.2) is 70.6 Å². The minimum atomic E-state index is -3.67. The minimum Gasteiger partial charge on any atom is -0.476 e. The topological polar surface area (TPSA) is 130 Å². The number of carbonyl (C=O) groups excluding carboxylic acids is 1. The van der Waals surface area contributed by atoms with Gasteiger partial charge in [-0.3, -0.25) is 9.59 Å². The number of carbonyl (C=O) groups is 2. The Balaban J connectivity index is 1.56. The summed E-state index contributed by atoms with van der Waals surface area (Å²) in [7, 11) is -3.67. The van der Waals surface area contributed by atoms with Crippen molar-refractivity contribution in [3.05, 3.63) is 70.6 Å². The molecule has 0 spiro atoms. The predicted molar refractivity (Wildman–Crippen MR) is 119 cm³/mol. The fourth-order valence-corrected chi connectivity index (χ4v) is 5.33. The van der Waals surface area contributed by atoms with E-state index in [1.807, 2.05) is 0 Å². The molecule has 1 saturated heterocycles. The molecule has 33 heavy (non-hydrogen) atoms. The molecule has 0 bridgehead atoms. The molecule has 1 aromatic heterocycles. The van der Waals surface area contributed by atoms with Crippen LogP contribution in [0.2, 0.25) is 0 Å². The van der Waals surface area contributed by atoms with Gasteiger partial charge in [-0.05, 0) is 25.1 Å². The van der Waals surface area contributed by atoms with Crippen LogP contribution in [0, 0.1) is 0 Å². The van der Waals surface area contributed by atoms with E-state index in [-0.39, 0.29) is 47.5 Å². The Labute approximate surface area is 189 Å². The van der Waals surface area contributed by atoms with Gasteiger partial charge in [0.1, 0.15) is 6.04 Å². The van der Waals surface area contributed by atoms with Crippen molar-refractivity contribution in [1.29, 1.82) is 0 Å². The van der Waals surface area contributed by atoms with E-state index in [9.17, 15) is 27.9 Å². The van der Waals surface area contributed by atoms with E-state index < -0.39 is 33.5 Å². The third-order valence-electron chi connectivity index (χ3n) is 5.69. The maximum Gasteiger partial charge on any atom is 0.357 e. The Bertz CT molecular complexity index is 1380. The maximum absolute atomic E-state index is 13.1. The lowest BCUT2D eigenvalue weighted by Crippen LogP contribution is -2.52. The Morgan fingerprint density at radius 1 is 0.939 bits per heavy atom. The van der Waals surface area contributed by atoms with Gasteiger partial charge < -0.3 is 10.0 Å². The van der Waals surface area contributed by atoms with Gasteiger partial charge in [-0.25, -0.2) is 17.9 Å². The SMILES string of the molecule is CC(C(=O)N1CCN(S(=O)(=O)c2ccccc2)CC1)n1nc(C(=O)O)c2ccccc2c1=O. The van der Waals surface area contributed by atoms with Gasteiger partial charge in [0.25, 0.3) is 5.56 Å². The van der Waals surface area contributed by atoms with Crippen LogP contribution >= 0.6 is 0 Å². The van der Waals surface area contributed by atoms with E-state index in [2.05, 4.69) is 5.10 Å². The monoisotopic (exact) mass is 470 g/mol. The van der Waals surface area contributed by atoms with Crippen LogP contribution in [0.4, 0.5) is 0 Å². The van der Waals surface area contributed by atoms with E-state index in [1.165, 1.54) is 40.4 Å². The highest BCUT2D eigenvalue weighted by molar-refractivity contribution is 7.89. The molecular weight excluding hydrogens is 448 g/mol. The van der Waals surface area contributed by atoms with Crippen LogP contribution in [0.3, 0.4) is 0 Å². The summed E-state index contributed by atoms with van der Waals surface area (Å²) in [5, 5.41) is 13.8. The molecule has 1 atom stereocenters. The first kappa shape index (κ1) is 22.6. The summed E-state index contributed by atoms with van der Waals surface area (Å²) in [4.78, 5) is 39.4. The zero-order valence-corrected chi connectivity index (χ0v) is 18.6. The predicted octanol–water partition coefficient (Wildman–Crippen LogP) is 1.19. The van der Waals surface area contributed by atoms with Gasteiger partial charge in [0.2, 0.25) is 15.9 Å². The van der Waals surface area contributed by atoms with Crippen molar-refractivity contribution in [3.8, 4) is 0 Å². The van der Waals surface area contributed by atoms with Gasteiger partial charge in [-0.15, -0.1) is 0 Å². The number of fused-ring (bicyclic) bond motifs is 1. The number of hydrogen-bond acceptors (Lipinski definition) is 6. The van der Waals surface area contributed by atoms with Crippen LogP contribution in [0.25, 0.3) is 10.8 Å². The van der Waals surface area contributed by atoms with Crippen molar-refractivity contribution < 1.29 is 23.1 Å². The van der Waals surface area contributed by atoms with E-state index in [0.29, 0.717) is 0 Å². The lowest BCUT2D eigenvalue weighted by Gasteiger charge is -2.35. The van der Waals surface area contributed by atoms with Gasteiger partial charge in [0, 0.05) is 31.6 Å². The van der Waals surface area contributed by atoms with E-state index in [1.54, 1.807) is 30.3 Å². The van der Waals surface area contributed by atoms with Gasteiger partial charge in [0.05, 0.1) is 10.3 Å². The van der Waals surface area contributed by atoms with Crippen LogP contribution in [0.1, 0.15) is 23.5 Å². The number of piperazine rings is 1. The second-order valence-electron chi connectivity index (χ2n) is 7.67. The normalized spacial score (nSPS) is 16.0. The number of aromatic nitrogens is 2. The Morgan fingerprint density at radius 3 is 2.12 bits per heavy atom. The number of carboxylic acids is 1. The summed E-state index contributed by atoms with van der Waals surface area (Å²) in [6.45, 7) is 1.98. The summed E-state index contributed by atoms with van der Waals surface area (Å²) >= 11 is 0. The Morgan fingerprint density at radius 2 is 1.52 bits per heavy atom. The second kappa shape index (κ2) is 8.75. The summed E-state index contributed by atoms with van der Waals surface area (Å²) in [6.07, 6.45) is 0. The highest BCUT2D eigenvalue weighted by Crippen LogP contribution is 2.20. The number of carboxylic acid groups (broad SMARTS) is 1. The molecule has 1 fully saturated rings. The molecule has 3 aromatic rings. The first-order valence-electron chi connectivity index (χ1n) is 10.3. The quantitative estimate of drug-likeness (QED) is 0.593. The molecule has 1 unspecified atom stereocenters. The lowest BCUT2D eigenvalue weighted by atomic mass is 10.1. The number of aromatic carboxylic acids is 1. The fraction of sp³-hybridized carbons (Fsp3) is 0.273. The van der Waals surface area contributed by atoms with Crippen molar-refractivity contribution >= 4 is 32.7 Å². The van der Waals surface area contributed by atoms with Gasteiger partial charge in [0.15, 0.2) is 5.69 Å². The molecule has 1 N–H and O–H groups in total. The van der Waals surface area contributed by atoms with Crippen LogP contribution in [-0.2, 0) is 14.8 Å². The van der Waals surface area contributed by atoms with E-state index in [0.717, 1.165) is 4.68 Å². The Hall–Kier alpha value is -3.57. The molecule has 0 saturated carbocycles. The van der Waals surface area contributed by atoms with Gasteiger partial charge >= 0.3 is 5.97 Å². The first-order valence-corrected chi connectivity index (χ1v) is 11.7. The number of nitrogens with zero attached hydrogens (tertiary/aromatic N) is 4.